The molecule has 1 aromatic heterocycles. The molecule has 0 atom stereocenters. The van der Waals surface area contributed by atoms with Gasteiger partial charge < -0.3 is 10.5 Å². The smallest absolute Gasteiger partial charge is 0.135 e. The van der Waals surface area contributed by atoms with Crippen LogP contribution < -0.4 is 5.73 Å². The highest BCUT2D eigenvalue weighted by Crippen LogP contribution is 2.30. The van der Waals surface area contributed by atoms with Gasteiger partial charge in [-0.1, -0.05) is 36.4 Å². The molecule has 0 aliphatic carbocycles. The highest BCUT2D eigenvalue weighted by Gasteiger charge is 2.12. The number of nitrogen functional groups attached to an aromatic ring is 1. The first-order chi connectivity index (χ1) is 11.7. The van der Waals surface area contributed by atoms with Crippen molar-refractivity contribution in [1.82, 2.24) is 4.98 Å². The molecule has 0 radical (unpaired) electrons. The van der Waals surface area contributed by atoms with Crippen LogP contribution in [-0.2, 0) is 4.74 Å². The van der Waals surface area contributed by atoms with E-state index in [1.54, 1.807) is 0 Å². The van der Waals surface area contributed by atoms with Crippen molar-refractivity contribution in [3.63, 3.8) is 0 Å². The highest BCUT2D eigenvalue weighted by molar-refractivity contribution is 5.89. The number of ether oxygens (including phenoxy) is 1. The van der Waals surface area contributed by atoms with E-state index in [-0.39, 0.29) is 0 Å². The number of pyridine rings is 1. The first-order valence-electron chi connectivity index (χ1n) is 7.99. The van der Waals surface area contributed by atoms with Crippen molar-refractivity contribution in [2.75, 3.05) is 12.3 Å². The number of nitrogens with two attached hydrogens (primary N) is 1. The standard InChI is InChI=1S/C21H18N2O/c1-14-6-2-3-7-17(14)15-9-10-19-16(12-15)13-18(21(22)23-19)20-8-4-5-11-24-20/h2-10,12-13H,11H2,1H3,(H2,22,23). The molecule has 0 amide bonds. The Balaban J connectivity index is 1.87. The summed E-state index contributed by atoms with van der Waals surface area (Å²) < 4.78 is 5.68. The lowest BCUT2D eigenvalue weighted by atomic mass is 9.98. The number of fused-ring (bicyclic) bond motifs is 1. The van der Waals surface area contributed by atoms with Crippen LogP contribution in [-0.4, -0.2) is 11.6 Å². The summed E-state index contributed by atoms with van der Waals surface area (Å²) in [4.78, 5) is 4.54. The van der Waals surface area contributed by atoms with Crippen LogP contribution in [0.15, 0.2) is 66.8 Å². The lowest BCUT2D eigenvalue weighted by Crippen LogP contribution is -2.02. The fourth-order valence-electron chi connectivity index (χ4n) is 3.02. The van der Waals surface area contributed by atoms with Crippen LogP contribution in [0.3, 0.4) is 0 Å². The van der Waals surface area contributed by atoms with Gasteiger partial charge in [-0.25, -0.2) is 4.98 Å². The Bertz CT molecular complexity index is 986. The third-order valence-corrected chi connectivity index (χ3v) is 4.28. The quantitative estimate of drug-likeness (QED) is 0.744. The number of benzene rings is 2. The Labute approximate surface area is 141 Å². The Morgan fingerprint density at radius 1 is 1.04 bits per heavy atom. The monoisotopic (exact) mass is 314 g/mol. The Kier molecular flexibility index (Phi) is 3.54. The molecular weight excluding hydrogens is 296 g/mol. The van der Waals surface area contributed by atoms with Crippen molar-refractivity contribution in [1.29, 1.82) is 0 Å². The van der Waals surface area contributed by atoms with E-state index in [0.717, 1.165) is 22.2 Å². The topological polar surface area (TPSA) is 48.1 Å². The SMILES string of the molecule is Cc1ccccc1-c1ccc2nc(N)c(C3=CC=CCO3)cc2c1. The minimum atomic E-state index is 0.493. The van der Waals surface area contributed by atoms with Crippen LogP contribution in [0.25, 0.3) is 27.8 Å². The van der Waals surface area contributed by atoms with Crippen LogP contribution in [0.5, 0.6) is 0 Å². The lowest BCUT2D eigenvalue weighted by Gasteiger charge is -2.14. The number of aromatic nitrogens is 1. The van der Waals surface area contributed by atoms with Gasteiger partial charge in [-0.2, -0.15) is 0 Å². The van der Waals surface area contributed by atoms with Gasteiger partial charge in [0.05, 0.1) is 11.1 Å². The van der Waals surface area contributed by atoms with E-state index < -0.39 is 0 Å². The third kappa shape index (κ3) is 2.54. The summed E-state index contributed by atoms with van der Waals surface area (Å²) in [5, 5.41) is 1.05. The fourth-order valence-corrected chi connectivity index (χ4v) is 3.02. The summed E-state index contributed by atoms with van der Waals surface area (Å²) in [6.07, 6.45) is 5.87. The number of anilines is 1. The van der Waals surface area contributed by atoms with E-state index in [1.807, 2.05) is 24.3 Å². The second-order valence-electron chi connectivity index (χ2n) is 5.91. The number of nitrogens with zero attached hydrogens (tertiary/aromatic N) is 1. The highest BCUT2D eigenvalue weighted by atomic mass is 16.5. The van der Waals surface area contributed by atoms with Gasteiger partial charge in [0.2, 0.25) is 0 Å². The molecule has 0 spiro atoms. The van der Waals surface area contributed by atoms with E-state index >= 15 is 0 Å². The second-order valence-corrected chi connectivity index (χ2v) is 5.91. The maximum atomic E-state index is 6.13. The zero-order chi connectivity index (χ0) is 16.5. The van der Waals surface area contributed by atoms with Crippen LogP contribution in [0.4, 0.5) is 5.82 Å². The number of rotatable bonds is 2. The van der Waals surface area contributed by atoms with Gasteiger partial charge in [-0.15, -0.1) is 0 Å². The second kappa shape index (κ2) is 5.85. The molecule has 0 bridgehead atoms. The van der Waals surface area contributed by atoms with Gasteiger partial charge in [-0.3, -0.25) is 0 Å². The van der Waals surface area contributed by atoms with E-state index in [2.05, 4.69) is 54.4 Å². The molecule has 1 aliphatic heterocycles. The zero-order valence-corrected chi connectivity index (χ0v) is 13.5. The molecule has 0 unspecified atom stereocenters. The van der Waals surface area contributed by atoms with Crippen LogP contribution >= 0.6 is 0 Å². The molecule has 2 aromatic carbocycles. The van der Waals surface area contributed by atoms with E-state index in [1.165, 1.54) is 16.7 Å². The molecule has 3 nitrogen and oxygen atoms in total. The molecule has 3 heteroatoms. The van der Waals surface area contributed by atoms with Crippen molar-refractivity contribution < 1.29 is 4.74 Å². The molecule has 2 N–H and O–H groups in total. The van der Waals surface area contributed by atoms with Gasteiger partial charge >= 0.3 is 0 Å². The number of allylic oxidation sites excluding steroid dienone is 2. The van der Waals surface area contributed by atoms with Gasteiger partial charge in [-0.05, 0) is 54.0 Å². The van der Waals surface area contributed by atoms with Gasteiger partial charge in [0.15, 0.2) is 0 Å². The van der Waals surface area contributed by atoms with Gasteiger partial charge in [0, 0.05) is 5.39 Å². The summed E-state index contributed by atoms with van der Waals surface area (Å²) >= 11 is 0. The summed E-state index contributed by atoms with van der Waals surface area (Å²) in [5.41, 5.74) is 11.5. The molecular formula is C21H18N2O. The summed E-state index contributed by atoms with van der Waals surface area (Å²) in [5.74, 6) is 1.26. The van der Waals surface area contributed by atoms with E-state index in [0.29, 0.717) is 12.4 Å². The van der Waals surface area contributed by atoms with Crippen molar-refractivity contribution in [3.8, 4) is 11.1 Å². The summed E-state index contributed by atoms with van der Waals surface area (Å²) in [7, 11) is 0. The van der Waals surface area contributed by atoms with E-state index in [4.69, 9.17) is 10.5 Å². The molecule has 3 aromatic rings. The molecule has 118 valence electrons. The number of aryl methyl sites for hydroxylation is 1. The van der Waals surface area contributed by atoms with Crippen molar-refractivity contribution in [3.05, 3.63) is 77.9 Å². The number of hydrogen-bond acceptors (Lipinski definition) is 3. The van der Waals surface area contributed by atoms with Gasteiger partial charge in [0.1, 0.15) is 18.2 Å². The third-order valence-electron chi connectivity index (χ3n) is 4.28. The van der Waals surface area contributed by atoms with Gasteiger partial charge in [0.25, 0.3) is 0 Å². The molecule has 24 heavy (non-hydrogen) atoms. The summed E-state index contributed by atoms with van der Waals surface area (Å²) in [6.45, 7) is 2.69. The average molecular weight is 314 g/mol. The Hall–Kier alpha value is -3.07. The minimum absolute atomic E-state index is 0.493. The van der Waals surface area contributed by atoms with Crippen LogP contribution in [0.1, 0.15) is 11.1 Å². The maximum absolute atomic E-state index is 6.13. The average Bonchev–Trinajstić information content (AvgIpc) is 2.62. The predicted molar refractivity (Wildman–Crippen MR) is 99.4 cm³/mol. The molecule has 2 heterocycles. The molecule has 4 rings (SSSR count). The molecule has 0 fully saturated rings. The first-order valence-corrected chi connectivity index (χ1v) is 7.99. The molecule has 1 aliphatic rings. The predicted octanol–water partition coefficient (Wildman–Crippen LogP) is 4.72. The molecule has 0 saturated carbocycles. The lowest BCUT2D eigenvalue weighted by molar-refractivity contribution is 0.316. The van der Waals surface area contributed by atoms with Crippen molar-refractivity contribution in [2.24, 2.45) is 0 Å². The number of hydrogen-bond donors (Lipinski definition) is 1. The fraction of sp³-hybridized carbons (Fsp3) is 0.0952. The normalized spacial score (nSPS) is 13.6. The first kappa shape index (κ1) is 14.5. The summed E-state index contributed by atoms with van der Waals surface area (Å²) in [6, 6.07) is 16.7. The minimum Gasteiger partial charge on any atom is -0.489 e. The Morgan fingerprint density at radius 3 is 2.71 bits per heavy atom. The van der Waals surface area contributed by atoms with Crippen molar-refractivity contribution in [2.45, 2.75) is 6.92 Å². The maximum Gasteiger partial charge on any atom is 0.135 e. The van der Waals surface area contributed by atoms with Crippen molar-refractivity contribution >= 4 is 22.5 Å². The molecule has 0 saturated heterocycles. The van der Waals surface area contributed by atoms with Crippen LogP contribution in [0.2, 0.25) is 0 Å². The Morgan fingerprint density at radius 2 is 1.92 bits per heavy atom. The largest absolute Gasteiger partial charge is 0.489 e. The van der Waals surface area contributed by atoms with E-state index in [9.17, 15) is 0 Å². The zero-order valence-electron chi connectivity index (χ0n) is 13.5. The van der Waals surface area contributed by atoms with Crippen LogP contribution in [0, 0.1) is 6.92 Å².